The number of rotatable bonds is 3. The Labute approximate surface area is 80.4 Å². The molecule has 13 heavy (non-hydrogen) atoms. The fourth-order valence-electron chi connectivity index (χ4n) is 1.28. The summed E-state index contributed by atoms with van der Waals surface area (Å²) in [6.07, 6.45) is 4.08. The molecule has 0 aliphatic carbocycles. The summed E-state index contributed by atoms with van der Waals surface area (Å²) in [6, 6.07) is 0. The number of hydrogen-bond acceptors (Lipinski definition) is 2. The van der Waals surface area contributed by atoms with Crippen molar-refractivity contribution < 1.29 is 0 Å². The van der Waals surface area contributed by atoms with Gasteiger partial charge < -0.3 is 0 Å². The van der Waals surface area contributed by atoms with E-state index in [4.69, 9.17) is 0 Å². The predicted molar refractivity (Wildman–Crippen MR) is 54.9 cm³/mol. The minimum Gasteiger partial charge on any atom is -0.241 e. The van der Waals surface area contributed by atoms with Gasteiger partial charge in [-0.1, -0.05) is 20.8 Å². The van der Waals surface area contributed by atoms with E-state index in [1.165, 1.54) is 5.56 Å². The minimum absolute atomic E-state index is 0.476. The van der Waals surface area contributed by atoms with Gasteiger partial charge in [-0.2, -0.15) is 0 Å². The summed E-state index contributed by atoms with van der Waals surface area (Å²) in [4.78, 5) is 8.87. The SMILES string of the molecule is CCc1cnc(C(C)CC)nc1C. The van der Waals surface area contributed by atoms with Crippen LogP contribution in [-0.2, 0) is 6.42 Å². The van der Waals surface area contributed by atoms with Gasteiger partial charge in [0.25, 0.3) is 0 Å². The van der Waals surface area contributed by atoms with E-state index in [9.17, 15) is 0 Å². The summed E-state index contributed by atoms with van der Waals surface area (Å²) >= 11 is 0. The van der Waals surface area contributed by atoms with Crippen molar-refractivity contribution in [2.75, 3.05) is 0 Å². The van der Waals surface area contributed by atoms with Gasteiger partial charge in [-0.05, 0) is 25.3 Å². The Morgan fingerprint density at radius 1 is 1.38 bits per heavy atom. The van der Waals surface area contributed by atoms with Crippen molar-refractivity contribution in [2.45, 2.75) is 46.5 Å². The van der Waals surface area contributed by atoms with Gasteiger partial charge in [0.15, 0.2) is 0 Å². The lowest BCUT2D eigenvalue weighted by atomic mass is 10.1. The molecule has 1 heterocycles. The van der Waals surface area contributed by atoms with E-state index in [1.54, 1.807) is 0 Å². The van der Waals surface area contributed by atoms with Crippen LogP contribution in [0.4, 0.5) is 0 Å². The summed E-state index contributed by atoms with van der Waals surface area (Å²) < 4.78 is 0. The van der Waals surface area contributed by atoms with Gasteiger partial charge in [0.05, 0.1) is 0 Å². The lowest BCUT2D eigenvalue weighted by Gasteiger charge is -2.09. The third kappa shape index (κ3) is 2.27. The summed E-state index contributed by atoms with van der Waals surface area (Å²) in [5.41, 5.74) is 2.39. The predicted octanol–water partition coefficient (Wildman–Crippen LogP) is 2.86. The van der Waals surface area contributed by atoms with Gasteiger partial charge in [0.2, 0.25) is 0 Å². The van der Waals surface area contributed by atoms with E-state index >= 15 is 0 Å². The van der Waals surface area contributed by atoms with E-state index in [1.807, 2.05) is 6.20 Å². The topological polar surface area (TPSA) is 25.8 Å². The molecule has 0 N–H and O–H groups in total. The Morgan fingerprint density at radius 2 is 2.08 bits per heavy atom. The maximum Gasteiger partial charge on any atom is 0.131 e. The molecule has 2 nitrogen and oxygen atoms in total. The molecule has 0 saturated carbocycles. The molecule has 0 aliphatic rings. The van der Waals surface area contributed by atoms with Crippen molar-refractivity contribution in [2.24, 2.45) is 0 Å². The van der Waals surface area contributed by atoms with Crippen LogP contribution in [0.1, 0.15) is 50.2 Å². The van der Waals surface area contributed by atoms with Crippen molar-refractivity contribution in [1.82, 2.24) is 9.97 Å². The molecule has 1 aromatic heterocycles. The smallest absolute Gasteiger partial charge is 0.131 e. The first-order valence-corrected chi connectivity index (χ1v) is 5.01. The zero-order valence-corrected chi connectivity index (χ0v) is 8.96. The first kappa shape index (κ1) is 10.2. The molecule has 0 fully saturated rings. The Hall–Kier alpha value is -0.920. The van der Waals surface area contributed by atoms with Crippen LogP contribution in [0.3, 0.4) is 0 Å². The van der Waals surface area contributed by atoms with Crippen molar-refractivity contribution in [3.05, 3.63) is 23.3 Å². The number of nitrogens with zero attached hydrogens (tertiary/aromatic N) is 2. The van der Waals surface area contributed by atoms with Gasteiger partial charge in [-0.25, -0.2) is 9.97 Å². The molecule has 1 unspecified atom stereocenters. The third-order valence-corrected chi connectivity index (χ3v) is 2.53. The van der Waals surface area contributed by atoms with Crippen molar-refractivity contribution in [1.29, 1.82) is 0 Å². The van der Waals surface area contributed by atoms with Crippen LogP contribution in [-0.4, -0.2) is 9.97 Å². The van der Waals surface area contributed by atoms with Crippen LogP contribution in [0.15, 0.2) is 6.20 Å². The largest absolute Gasteiger partial charge is 0.241 e. The second kappa shape index (κ2) is 4.35. The zero-order valence-electron chi connectivity index (χ0n) is 8.96. The molecule has 0 amide bonds. The van der Waals surface area contributed by atoms with Gasteiger partial charge in [0, 0.05) is 17.8 Å². The molecule has 1 rings (SSSR count). The molecule has 0 aliphatic heterocycles. The average molecular weight is 178 g/mol. The molecular weight excluding hydrogens is 160 g/mol. The molecule has 0 bridgehead atoms. The van der Waals surface area contributed by atoms with Crippen molar-refractivity contribution in [3.8, 4) is 0 Å². The summed E-state index contributed by atoms with van der Waals surface area (Å²) in [5, 5.41) is 0. The highest BCUT2D eigenvalue weighted by Crippen LogP contribution is 2.15. The Kier molecular flexibility index (Phi) is 3.40. The lowest BCUT2D eigenvalue weighted by molar-refractivity contribution is 0.671. The molecule has 1 atom stereocenters. The molecular formula is C11H18N2. The highest BCUT2D eigenvalue weighted by Gasteiger charge is 2.07. The Balaban J connectivity index is 2.95. The number of aryl methyl sites for hydroxylation is 2. The normalized spacial score (nSPS) is 12.9. The first-order valence-electron chi connectivity index (χ1n) is 5.01. The summed E-state index contributed by atoms with van der Waals surface area (Å²) in [7, 11) is 0. The van der Waals surface area contributed by atoms with E-state index in [0.29, 0.717) is 5.92 Å². The van der Waals surface area contributed by atoms with Crippen molar-refractivity contribution in [3.63, 3.8) is 0 Å². The summed E-state index contributed by atoms with van der Waals surface area (Å²) in [5.74, 6) is 1.46. The maximum absolute atomic E-state index is 4.50. The fourth-order valence-corrected chi connectivity index (χ4v) is 1.28. The second-order valence-corrected chi connectivity index (χ2v) is 3.50. The van der Waals surface area contributed by atoms with Gasteiger partial charge >= 0.3 is 0 Å². The van der Waals surface area contributed by atoms with E-state index < -0.39 is 0 Å². The maximum atomic E-state index is 4.50. The Bertz CT molecular complexity index is 281. The molecule has 0 radical (unpaired) electrons. The molecule has 0 spiro atoms. The average Bonchev–Trinajstić information content (AvgIpc) is 2.16. The number of hydrogen-bond donors (Lipinski definition) is 0. The van der Waals surface area contributed by atoms with Crippen LogP contribution in [0.5, 0.6) is 0 Å². The highest BCUT2D eigenvalue weighted by molar-refractivity contribution is 5.16. The van der Waals surface area contributed by atoms with Crippen LogP contribution >= 0.6 is 0 Å². The Morgan fingerprint density at radius 3 is 2.54 bits per heavy atom. The fraction of sp³-hybridized carbons (Fsp3) is 0.636. The highest BCUT2D eigenvalue weighted by atomic mass is 14.9. The van der Waals surface area contributed by atoms with Crippen molar-refractivity contribution >= 4 is 0 Å². The van der Waals surface area contributed by atoms with Gasteiger partial charge in [-0.15, -0.1) is 0 Å². The third-order valence-electron chi connectivity index (χ3n) is 2.53. The summed E-state index contributed by atoms with van der Waals surface area (Å²) in [6.45, 7) is 8.53. The molecule has 0 aromatic carbocycles. The minimum atomic E-state index is 0.476. The van der Waals surface area contributed by atoms with Gasteiger partial charge in [0.1, 0.15) is 5.82 Å². The van der Waals surface area contributed by atoms with Crippen LogP contribution in [0, 0.1) is 6.92 Å². The molecule has 0 saturated heterocycles. The first-order chi connectivity index (χ1) is 6.19. The van der Waals surface area contributed by atoms with Gasteiger partial charge in [-0.3, -0.25) is 0 Å². The van der Waals surface area contributed by atoms with E-state index in [0.717, 1.165) is 24.4 Å². The quantitative estimate of drug-likeness (QED) is 0.711. The van der Waals surface area contributed by atoms with Crippen LogP contribution < -0.4 is 0 Å². The lowest BCUT2D eigenvalue weighted by Crippen LogP contribution is -2.03. The standard InChI is InChI=1S/C11H18N2/c1-5-8(3)11-12-7-10(6-2)9(4)13-11/h7-8H,5-6H2,1-4H3. The second-order valence-electron chi connectivity index (χ2n) is 3.50. The van der Waals surface area contributed by atoms with E-state index in [2.05, 4.69) is 37.7 Å². The molecule has 72 valence electrons. The van der Waals surface area contributed by atoms with Crippen LogP contribution in [0.2, 0.25) is 0 Å². The van der Waals surface area contributed by atoms with Crippen LogP contribution in [0.25, 0.3) is 0 Å². The van der Waals surface area contributed by atoms with E-state index in [-0.39, 0.29) is 0 Å². The monoisotopic (exact) mass is 178 g/mol. The number of aromatic nitrogens is 2. The zero-order chi connectivity index (χ0) is 9.84. The molecule has 2 heteroatoms. The molecule has 1 aromatic rings.